The molecule has 3 atom stereocenters. The van der Waals surface area contributed by atoms with Crippen LogP contribution in [-0.2, 0) is 13.1 Å². The lowest BCUT2D eigenvalue weighted by Crippen LogP contribution is -2.58. The Morgan fingerprint density at radius 2 is 2.00 bits per heavy atom. The number of pyridine rings is 1. The van der Waals surface area contributed by atoms with E-state index in [1.165, 1.54) is 16.7 Å². The number of halogens is 1. The molecule has 1 N–H and O–H groups in total. The molecule has 2 aromatic heterocycles. The third-order valence-corrected chi connectivity index (χ3v) is 7.49. The van der Waals surface area contributed by atoms with E-state index in [1.807, 2.05) is 0 Å². The fourth-order valence-electron chi connectivity index (χ4n) is 5.54. The number of fused-ring (bicyclic) bond motifs is 1. The van der Waals surface area contributed by atoms with Crippen LogP contribution >= 0.6 is 0 Å². The molecule has 0 aliphatic carbocycles. The van der Waals surface area contributed by atoms with E-state index in [0.717, 1.165) is 30.6 Å². The van der Waals surface area contributed by atoms with E-state index in [0.29, 0.717) is 23.3 Å². The van der Waals surface area contributed by atoms with Crippen molar-refractivity contribution in [3.05, 3.63) is 52.2 Å². The van der Waals surface area contributed by atoms with E-state index in [2.05, 4.69) is 41.7 Å². The zero-order valence-electron chi connectivity index (χ0n) is 21.9. The zero-order valence-corrected chi connectivity index (χ0v) is 21.9. The van der Waals surface area contributed by atoms with Crippen molar-refractivity contribution in [3.63, 3.8) is 0 Å². The Labute approximate surface area is 216 Å². The number of aromatic nitrogens is 3. The van der Waals surface area contributed by atoms with Crippen molar-refractivity contribution in [2.45, 2.75) is 64.8 Å². The van der Waals surface area contributed by atoms with Crippen molar-refractivity contribution in [2.75, 3.05) is 31.7 Å². The molecular weight excluding hydrogens is 475 g/mol. The SMILES string of the molecule is CC[C@H]1CN([C@@H](C)c2ccc(F)cc2OC)[C@H](CC)CN1c1cc(=O)n(CCO)c2cn(CC#N)nc12. The van der Waals surface area contributed by atoms with Crippen molar-refractivity contribution in [2.24, 2.45) is 0 Å². The lowest BCUT2D eigenvalue weighted by atomic mass is 9.96. The second-order valence-electron chi connectivity index (χ2n) is 9.50. The molecule has 0 saturated carbocycles. The monoisotopic (exact) mass is 510 g/mol. The Balaban J connectivity index is 1.75. The highest BCUT2D eigenvalue weighted by molar-refractivity contribution is 5.88. The summed E-state index contributed by atoms with van der Waals surface area (Å²) >= 11 is 0. The van der Waals surface area contributed by atoms with Crippen molar-refractivity contribution in [3.8, 4) is 11.8 Å². The fourth-order valence-corrected chi connectivity index (χ4v) is 5.54. The van der Waals surface area contributed by atoms with Gasteiger partial charge in [0.1, 0.15) is 23.6 Å². The lowest BCUT2D eigenvalue weighted by molar-refractivity contribution is 0.0997. The summed E-state index contributed by atoms with van der Waals surface area (Å²) in [6.07, 6.45) is 3.44. The second-order valence-corrected chi connectivity index (χ2v) is 9.50. The maximum atomic E-state index is 13.9. The quantitative estimate of drug-likeness (QED) is 0.472. The fraction of sp³-hybridized carbons (Fsp3) is 0.519. The standard InChI is InChI=1S/C27H35FN6O3/c1-5-20-16-34(21(6-2)15-33(20)18(3)22-8-7-19(28)13-25(22)37-4)23-14-26(36)32(11-12-35)24-17-31(10-9-29)30-27(23)24/h7-8,13-14,17-18,20-21,35H,5-6,10-12,15-16H2,1-4H3/t18-,20+,21-/m0/s1. The summed E-state index contributed by atoms with van der Waals surface area (Å²) in [7, 11) is 1.56. The molecule has 0 bridgehead atoms. The van der Waals surface area contributed by atoms with Crippen LogP contribution in [0.5, 0.6) is 5.75 Å². The smallest absolute Gasteiger partial charge is 0.253 e. The second kappa shape index (κ2) is 11.3. The maximum Gasteiger partial charge on any atom is 0.253 e. The first-order chi connectivity index (χ1) is 17.9. The Morgan fingerprint density at radius 1 is 1.24 bits per heavy atom. The predicted molar refractivity (Wildman–Crippen MR) is 140 cm³/mol. The van der Waals surface area contributed by atoms with Gasteiger partial charge in [-0.1, -0.05) is 19.9 Å². The number of aliphatic hydroxyl groups excluding tert-OH is 1. The molecule has 1 saturated heterocycles. The van der Waals surface area contributed by atoms with Crippen LogP contribution in [0.25, 0.3) is 11.0 Å². The molecule has 1 aliphatic heterocycles. The summed E-state index contributed by atoms with van der Waals surface area (Å²) in [5.74, 6) is 0.210. The number of benzene rings is 1. The van der Waals surface area contributed by atoms with Crippen LogP contribution in [0.2, 0.25) is 0 Å². The summed E-state index contributed by atoms with van der Waals surface area (Å²) in [5, 5.41) is 23.4. The predicted octanol–water partition coefficient (Wildman–Crippen LogP) is 3.30. The molecule has 3 heterocycles. The van der Waals surface area contributed by atoms with Crippen LogP contribution in [0.1, 0.15) is 45.2 Å². The maximum absolute atomic E-state index is 13.9. The van der Waals surface area contributed by atoms with Crippen LogP contribution in [0.15, 0.2) is 35.3 Å². The Hall–Kier alpha value is -3.42. The van der Waals surface area contributed by atoms with Gasteiger partial charge in [-0.15, -0.1) is 0 Å². The number of ether oxygens (including phenoxy) is 1. The summed E-state index contributed by atoms with van der Waals surface area (Å²) in [5.41, 5.74) is 2.75. The molecule has 1 aromatic carbocycles. The first-order valence-electron chi connectivity index (χ1n) is 12.8. The van der Waals surface area contributed by atoms with Crippen molar-refractivity contribution in [1.29, 1.82) is 5.26 Å². The van der Waals surface area contributed by atoms with E-state index >= 15 is 0 Å². The third kappa shape index (κ3) is 5.06. The third-order valence-electron chi connectivity index (χ3n) is 7.49. The summed E-state index contributed by atoms with van der Waals surface area (Å²) in [6, 6.07) is 8.69. The molecular formula is C27H35FN6O3. The molecule has 1 aliphatic rings. The van der Waals surface area contributed by atoms with E-state index in [9.17, 15) is 19.6 Å². The van der Waals surface area contributed by atoms with Crippen molar-refractivity contribution < 1.29 is 14.2 Å². The zero-order chi connectivity index (χ0) is 26.7. The van der Waals surface area contributed by atoms with Gasteiger partial charge >= 0.3 is 0 Å². The lowest BCUT2D eigenvalue weighted by Gasteiger charge is -2.49. The van der Waals surface area contributed by atoms with Gasteiger partial charge in [-0.05, 0) is 25.8 Å². The number of nitriles is 1. The molecule has 0 amide bonds. The first kappa shape index (κ1) is 26.6. The number of methoxy groups -OCH3 is 1. The van der Waals surface area contributed by atoms with E-state index in [4.69, 9.17) is 4.74 Å². The van der Waals surface area contributed by atoms with E-state index in [1.54, 1.807) is 30.1 Å². The molecule has 0 unspecified atom stereocenters. The van der Waals surface area contributed by atoms with Gasteiger partial charge in [0.25, 0.3) is 5.56 Å². The van der Waals surface area contributed by atoms with Crippen LogP contribution in [-0.4, -0.2) is 63.2 Å². The van der Waals surface area contributed by atoms with Gasteiger partial charge in [-0.25, -0.2) is 4.39 Å². The average molecular weight is 511 g/mol. The van der Waals surface area contributed by atoms with Crippen LogP contribution < -0.4 is 15.2 Å². The largest absolute Gasteiger partial charge is 0.496 e. The number of hydrogen-bond donors (Lipinski definition) is 1. The molecule has 4 rings (SSSR count). The number of anilines is 1. The molecule has 1 fully saturated rings. The minimum Gasteiger partial charge on any atom is -0.496 e. The molecule has 3 aromatic rings. The highest BCUT2D eigenvalue weighted by Gasteiger charge is 2.37. The van der Waals surface area contributed by atoms with Gasteiger partial charge in [-0.2, -0.15) is 10.4 Å². The summed E-state index contributed by atoms with van der Waals surface area (Å²) in [4.78, 5) is 17.8. The van der Waals surface area contributed by atoms with Crippen molar-refractivity contribution in [1.82, 2.24) is 19.2 Å². The minimum absolute atomic E-state index is 0.00381. The van der Waals surface area contributed by atoms with Gasteiger partial charge in [0.05, 0.1) is 37.2 Å². The van der Waals surface area contributed by atoms with E-state index < -0.39 is 0 Å². The van der Waals surface area contributed by atoms with Gasteiger partial charge in [0.2, 0.25) is 0 Å². The summed E-state index contributed by atoms with van der Waals surface area (Å²) < 4.78 is 22.4. The number of aliphatic hydroxyl groups is 1. The minimum atomic E-state index is -0.327. The van der Waals surface area contributed by atoms with Crippen LogP contribution in [0, 0.1) is 17.1 Å². The molecule has 198 valence electrons. The Morgan fingerprint density at radius 3 is 2.65 bits per heavy atom. The Bertz CT molecular complexity index is 1350. The number of hydrogen-bond acceptors (Lipinski definition) is 7. The molecule has 0 spiro atoms. The average Bonchev–Trinajstić information content (AvgIpc) is 3.32. The highest BCUT2D eigenvalue weighted by Crippen LogP contribution is 2.37. The highest BCUT2D eigenvalue weighted by atomic mass is 19.1. The van der Waals surface area contributed by atoms with Crippen molar-refractivity contribution >= 4 is 16.7 Å². The molecule has 37 heavy (non-hydrogen) atoms. The Kier molecular flexibility index (Phi) is 8.15. The molecule has 0 radical (unpaired) electrons. The van der Waals surface area contributed by atoms with Gasteiger partial charge in [0.15, 0.2) is 0 Å². The van der Waals surface area contributed by atoms with Gasteiger partial charge in [-0.3, -0.25) is 14.4 Å². The summed E-state index contributed by atoms with van der Waals surface area (Å²) in [6.45, 7) is 7.89. The van der Waals surface area contributed by atoms with Crippen LogP contribution in [0.4, 0.5) is 10.1 Å². The van der Waals surface area contributed by atoms with Crippen LogP contribution in [0.3, 0.4) is 0 Å². The molecule has 9 nitrogen and oxygen atoms in total. The number of piperazine rings is 1. The first-order valence-corrected chi connectivity index (χ1v) is 12.8. The molecule has 10 heteroatoms. The number of rotatable bonds is 9. The van der Waals surface area contributed by atoms with Gasteiger partial charge in [0, 0.05) is 55.5 Å². The topological polar surface area (TPSA) is 99.5 Å². The number of nitrogens with zero attached hydrogens (tertiary/aromatic N) is 6. The van der Waals surface area contributed by atoms with Gasteiger partial charge < -0.3 is 19.3 Å². The normalized spacial score (nSPS) is 19.2. The van der Waals surface area contributed by atoms with E-state index in [-0.39, 0.29) is 49.2 Å².